The van der Waals surface area contributed by atoms with Gasteiger partial charge in [-0.1, -0.05) is 44.2 Å². The molecule has 0 aromatic heterocycles. The maximum absolute atomic E-state index is 11.9. The van der Waals surface area contributed by atoms with Crippen molar-refractivity contribution in [1.82, 2.24) is 5.32 Å². The number of hydrogen-bond acceptors (Lipinski definition) is 3. The normalized spacial score (nSPS) is 14.9. The van der Waals surface area contributed by atoms with E-state index in [0.717, 1.165) is 0 Å². The van der Waals surface area contributed by atoms with Gasteiger partial charge in [-0.25, -0.2) is 0 Å². The fraction of sp³-hybridized carbons (Fsp3) is 0.462. The van der Waals surface area contributed by atoms with Crippen molar-refractivity contribution in [3.8, 4) is 0 Å². The van der Waals surface area contributed by atoms with E-state index >= 15 is 0 Å². The van der Waals surface area contributed by atoms with Crippen LogP contribution in [0.2, 0.25) is 0 Å². The van der Waals surface area contributed by atoms with Crippen molar-refractivity contribution in [1.29, 1.82) is 0 Å². The molecule has 0 aliphatic rings. The van der Waals surface area contributed by atoms with E-state index in [1.54, 1.807) is 30.3 Å². The van der Waals surface area contributed by atoms with Crippen LogP contribution in [-0.2, 0) is 9.36 Å². The maximum Gasteiger partial charge on any atom is 0.352 e. The zero-order valence-electron chi connectivity index (χ0n) is 11.6. The average Bonchev–Trinajstić information content (AvgIpc) is 2.34. The van der Waals surface area contributed by atoms with E-state index in [1.807, 2.05) is 13.8 Å². The van der Waals surface area contributed by atoms with Gasteiger partial charge in [-0.3, -0.25) is 9.36 Å². The van der Waals surface area contributed by atoms with Gasteiger partial charge in [-0.15, -0.1) is 0 Å². The first-order valence-electron chi connectivity index (χ1n) is 6.38. The largest absolute Gasteiger partial charge is 0.352 e. The summed E-state index contributed by atoms with van der Waals surface area (Å²) in [5.41, 5.74) is 6.08. The first kappa shape index (κ1) is 16.9. The summed E-state index contributed by atoms with van der Waals surface area (Å²) in [5, 5.41) is 2.35. The van der Waals surface area contributed by atoms with Crippen LogP contribution in [0, 0.1) is 5.92 Å². The standard InChI is InChI=1S/C13H21N2O4P/c1-9(2)8-11(14)12(16)15-13(20(17,18)19)10-6-4-3-5-7-10/h3-7,9,11,13H,8,14H2,1-2H3,(H,15,16)(H2,17,18,19)/t11-,13-/m0/s1. The van der Waals surface area contributed by atoms with E-state index in [-0.39, 0.29) is 5.92 Å². The third kappa shape index (κ3) is 5.06. The third-order valence-electron chi connectivity index (χ3n) is 2.79. The van der Waals surface area contributed by atoms with E-state index in [2.05, 4.69) is 5.32 Å². The summed E-state index contributed by atoms with van der Waals surface area (Å²) in [5.74, 6) is -1.70. The van der Waals surface area contributed by atoms with E-state index in [1.165, 1.54) is 0 Å². The quantitative estimate of drug-likeness (QED) is 0.592. The lowest BCUT2D eigenvalue weighted by molar-refractivity contribution is -0.123. The Morgan fingerprint density at radius 3 is 2.30 bits per heavy atom. The van der Waals surface area contributed by atoms with Crippen molar-refractivity contribution in [3.05, 3.63) is 35.9 Å². The van der Waals surface area contributed by atoms with Gasteiger partial charge in [-0.05, 0) is 17.9 Å². The lowest BCUT2D eigenvalue weighted by Gasteiger charge is -2.22. The molecule has 0 fully saturated rings. The average molecular weight is 300 g/mol. The predicted octanol–water partition coefficient (Wildman–Crippen LogP) is 1.35. The molecule has 1 rings (SSSR count). The van der Waals surface area contributed by atoms with Crippen LogP contribution in [0.15, 0.2) is 30.3 Å². The zero-order chi connectivity index (χ0) is 15.3. The number of nitrogens with two attached hydrogens (primary N) is 1. The van der Waals surface area contributed by atoms with Gasteiger partial charge < -0.3 is 20.8 Å². The molecule has 1 aromatic rings. The highest BCUT2D eigenvalue weighted by atomic mass is 31.2. The lowest BCUT2D eigenvalue weighted by Crippen LogP contribution is -2.42. The second kappa shape index (κ2) is 6.99. The summed E-state index contributed by atoms with van der Waals surface area (Å²) in [6, 6.07) is 7.35. The van der Waals surface area contributed by atoms with Gasteiger partial charge in [0, 0.05) is 0 Å². The monoisotopic (exact) mass is 300 g/mol. The molecule has 0 radical (unpaired) electrons. The highest BCUT2D eigenvalue weighted by molar-refractivity contribution is 7.52. The Bertz CT molecular complexity index is 486. The van der Waals surface area contributed by atoms with Crippen LogP contribution < -0.4 is 11.1 Å². The fourth-order valence-electron chi connectivity index (χ4n) is 1.85. The second-order valence-electron chi connectivity index (χ2n) is 5.15. The molecule has 0 saturated heterocycles. The van der Waals surface area contributed by atoms with Crippen molar-refractivity contribution in [3.63, 3.8) is 0 Å². The smallest absolute Gasteiger partial charge is 0.337 e. The molecule has 112 valence electrons. The first-order valence-corrected chi connectivity index (χ1v) is 8.06. The van der Waals surface area contributed by atoms with Crippen LogP contribution in [-0.4, -0.2) is 21.7 Å². The number of rotatable bonds is 6. The topological polar surface area (TPSA) is 113 Å². The Morgan fingerprint density at radius 2 is 1.85 bits per heavy atom. The van der Waals surface area contributed by atoms with Crippen LogP contribution in [0.25, 0.3) is 0 Å². The highest BCUT2D eigenvalue weighted by Gasteiger charge is 2.33. The zero-order valence-corrected chi connectivity index (χ0v) is 12.5. The molecule has 2 atom stereocenters. The van der Waals surface area contributed by atoms with E-state index in [9.17, 15) is 19.1 Å². The summed E-state index contributed by atoms with van der Waals surface area (Å²) in [7, 11) is -4.51. The number of amides is 1. The third-order valence-corrected chi connectivity index (χ3v) is 3.89. The molecule has 0 bridgehead atoms. The molecular weight excluding hydrogens is 279 g/mol. The molecule has 1 amide bonds. The summed E-state index contributed by atoms with van der Waals surface area (Å²) in [6.45, 7) is 3.84. The second-order valence-corrected chi connectivity index (χ2v) is 6.84. The molecule has 0 saturated carbocycles. The highest BCUT2D eigenvalue weighted by Crippen LogP contribution is 2.49. The van der Waals surface area contributed by atoms with Gasteiger partial charge in [0.1, 0.15) is 0 Å². The molecule has 20 heavy (non-hydrogen) atoms. The number of nitrogens with one attached hydrogen (secondary N) is 1. The molecule has 1 aromatic carbocycles. The summed E-state index contributed by atoms with van der Waals surface area (Å²) >= 11 is 0. The SMILES string of the molecule is CC(C)C[C@H](N)C(=O)N[C@H](c1ccccc1)P(=O)(O)O. The summed E-state index contributed by atoms with van der Waals surface area (Å²) in [6.07, 6.45) is 0.453. The molecule has 7 heteroatoms. The van der Waals surface area contributed by atoms with Crippen molar-refractivity contribution in [2.45, 2.75) is 32.1 Å². The molecule has 0 heterocycles. The van der Waals surface area contributed by atoms with Crippen molar-refractivity contribution in [2.75, 3.05) is 0 Å². The molecule has 6 nitrogen and oxygen atoms in total. The van der Waals surface area contributed by atoms with Crippen LogP contribution in [0.1, 0.15) is 31.6 Å². The summed E-state index contributed by atoms with van der Waals surface area (Å²) < 4.78 is 11.6. The number of carbonyl (C=O) groups is 1. The predicted molar refractivity (Wildman–Crippen MR) is 76.8 cm³/mol. The Balaban J connectivity index is 2.88. The van der Waals surface area contributed by atoms with Crippen LogP contribution >= 0.6 is 7.60 Å². The van der Waals surface area contributed by atoms with Gasteiger partial charge in [0.05, 0.1) is 6.04 Å². The number of benzene rings is 1. The van der Waals surface area contributed by atoms with Crippen LogP contribution in [0.5, 0.6) is 0 Å². The lowest BCUT2D eigenvalue weighted by atomic mass is 10.0. The number of hydrogen-bond donors (Lipinski definition) is 4. The molecule has 0 aliphatic heterocycles. The van der Waals surface area contributed by atoms with Crippen molar-refractivity contribution in [2.24, 2.45) is 11.7 Å². The van der Waals surface area contributed by atoms with Gasteiger partial charge in [0.25, 0.3) is 0 Å². The van der Waals surface area contributed by atoms with Gasteiger partial charge in [-0.2, -0.15) is 0 Å². The van der Waals surface area contributed by atoms with Crippen LogP contribution in [0.3, 0.4) is 0 Å². The van der Waals surface area contributed by atoms with Crippen LogP contribution in [0.4, 0.5) is 0 Å². The minimum atomic E-state index is -4.51. The first-order chi connectivity index (χ1) is 9.21. The van der Waals surface area contributed by atoms with Crippen molar-refractivity contribution < 1.29 is 19.1 Å². The Kier molecular flexibility index (Phi) is 5.89. The minimum Gasteiger partial charge on any atom is -0.337 e. The van der Waals surface area contributed by atoms with Gasteiger partial charge in [0.15, 0.2) is 5.78 Å². The minimum absolute atomic E-state index is 0.223. The molecule has 0 aliphatic carbocycles. The maximum atomic E-state index is 11.9. The Hall–Kier alpha value is -1.20. The van der Waals surface area contributed by atoms with Gasteiger partial charge >= 0.3 is 7.60 Å². The molecule has 0 unspecified atom stereocenters. The number of carbonyl (C=O) groups excluding carboxylic acids is 1. The van der Waals surface area contributed by atoms with E-state index in [0.29, 0.717) is 12.0 Å². The molecule has 5 N–H and O–H groups in total. The molecule has 0 spiro atoms. The van der Waals surface area contributed by atoms with E-state index in [4.69, 9.17) is 5.73 Å². The Labute approximate surface area is 118 Å². The Morgan fingerprint density at radius 1 is 1.30 bits per heavy atom. The molecular formula is C13H21N2O4P. The van der Waals surface area contributed by atoms with Crippen molar-refractivity contribution >= 4 is 13.5 Å². The van der Waals surface area contributed by atoms with E-state index < -0.39 is 25.3 Å². The fourth-order valence-corrected chi connectivity index (χ4v) is 2.71. The summed E-state index contributed by atoms with van der Waals surface area (Å²) in [4.78, 5) is 30.7. The van der Waals surface area contributed by atoms with Gasteiger partial charge in [0.2, 0.25) is 5.91 Å².